The summed E-state index contributed by atoms with van der Waals surface area (Å²) in [4.78, 5) is 1.54. The zero-order valence-corrected chi connectivity index (χ0v) is 13.7. The molecule has 2 aromatic rings. The summed E-state index contributed by atoms with van der Waals surface area (Å²) in [5, 5.41) is 6.73. The van der Waals surface area contributed by atoms with Gasteiger partial charge in [0.1, 0.15) is 12.4 Å². The van der Waals surface area contributed by atoms with E-state index in [2.05, 4.69) is 34.9 Å². The molecule has 1 unspecified atom stereocenters. The lowest BCUT2D eigenvalue weighted by Gasteiger charge is -2.16. The van der Waals surface area contributed by atoms with Crippen molar-refractivity contribution in [3.05, 3.63) is 66.0 Å². The van der Waals surface area contributed by atoms with Crippen molar-refractivity contribution in [2.75, 3.05) is 18.4 Å². The fraction of sp³-hybridized carbons (Fsp3) is 0.278. The third-order valence-corrected chi connectivity index (χ3v) is 4.36. The molecule has 3 N–H and O–H groups in total. The summed E-state index contributed by atoms with van der Waals surface area (Å²) in [6, 6.07) is 17.4. The number of likely N-dealkylation sites (tertiary alicyclic amines) is 1. The average Bonchev–Trinajstić information content (AvgIpc) is 2.97. The number of rotatable bonds is 4. The van der Waals surface area contributed by atoms with Crippen LogP contribution in [0.1, 0.15) is 12.0 Å². The first-order valence-corrected chi connectivity index (χ1v) is 8.31. The smallest absolute Gasteiger partial charge is 0.171 e. The molecule has 0 saturated carbocycles. The Kier molecular flexibility index (Phi) is 5.20. The molecule has 0 spiro atoms. The molecule has 1 heterocycles. The van der Waals surface area contributed by atoms with Gasteiger partial charge in [0.15, 0.2) is 5.11 Å². The van der Waals surface area contributed by atoms with E-state index in [1.165, 1.54) is 11.6 Å². The van der Waals surface area contributed by atoms with E-state index in [1.807, 2.05) is 6.07 Å². The van der Waals surface area contributed by atoms with Gasteiger partial charge in [-0.1, -0.05) is 42.5 Å². The van der Waals surface area contributed by atoms with Crippen LogP contribution in [-0.2, 0) is 6.54 Å². The first-order chi connectivity index (χ1) is 11.2. The molecule has 120 valence electrons. The summed E-state index contributed by atoms with van der Waals surface area (Å²) >= 11 is 5.30. The van der Waals surface area contributed by atoms with Crippen molar-refractivity contribution >= 4 is 23.0 Å². The molecule has 3 nitrogen and oxygen atoms in total. The van der Waals surface area contributed by atoms with E-state index in [0.29, 0.717) is 16.8 Å². The van der Waals surface area contributed by atoms with Gasteiger partial charge in [-0.15, -0.1) is 0 Å². The lowest BCUT2D eigenvalue weighted by atomic mass is 10.2. The number of anilines is 1. The third-order valence-electron chi connectivity index (χ3n) is 4.14. The predicted molar refractivity (Wildman–Crippen MR) is 95.0 cm³/mol. The highest BCUT2D eigenvalue weighted by atomic mass is 32.1. The standard InChI is InChI=1S/C18H20FN3S/c19-16-8-4-5-9-17(16)21-18(23)20-15-10-11-22(13-15)12-14-6-2-1-3-7-14/h1-9,15H,10-13H2,(H2,20,21,23)/p+1/t15-/m0/s1. The van der Waals surface area contributed by atoms with Gasteiger partial charge in [-0.05, 0) is 24.4 Å². The number of benzene rings is 2. The minimum Gasteiger partial charge on any atom is -0.354 e. The number of thiocarbonyl (C=S) groups is 1. The minimum absolute atomic E-state index is 0.292. The molecule has 1 fully saturated rings. The van der Waals surface area contributed by atoms with E-state index in [4.69, 9.17) is 12.2 Å². The van der Waals surface area contributed by atoms with Gasteiger partial charge in [-0.25, -0.2) is 4.39 Å². The van der Waals surface area contributed by atoms with Crippen molar-refractivity contribution in [2.45, 2.75) is 19.0 Å². The van der Waals surface area contributed by atoms with Crippen LogP contribution >= 0.6 is 12.2 Å². The van der Waals surface area contributed by atoms with Crippen LogP contribution < -0.4 is 15.5 Å². The third kappa shape index (κ3) is 4.50. The van der Waals surface area contributed by atoms with Crippen molar-refractivity contribution in [3.8, 4) is 0 Å². The monoisotopic (exact) mass is 330 g/mol. The fourth-order valence-corrected chi connectivity index (χ4v) is 3.28. The Labute approximate surface area is 141 Å². The van der Waals surface area contributed by atoms with Crippen LogP contribution in [-0.4, -0.2) is 24.2 Å². The van der Waals surface area contributed by atoms with Gasteiger partial charge < -0.3 is 15.5 Å². The highest BCUT2D eigenvalue weighted by Crippen LogP contribution is 2.12. The van der Waals surface area contributed by atoms with Crippen LogP contribution in [0.3, 0.4) is 0 Å². The number of nitrogens with one attached hydrogen (secondary N) is 3. The molecule has 0 aromatic heterocycles. The number of hydrogen-bond acceptors (Lipinski definition) is 1. The molecule has 3 rings (SSSR count). The van der Waals surface area contributed by atoms with E-state index >= 15 is 0 Å². The Morgan fingerprint density at radius 1 is 1.13 bits per heavy atom. The van der Waals surface area contributed by atoms with E-state index in [-0.39, 0.29) is 5.82 Å². The quantitative estimate of drug-likeness (QED) is 0.749. The summed E-state index contributed by atoms with van der Waals surface area (Å²) < 4.78 is 13.6. The number of quaternary nitrogens is 1. The van der Waals surface area contributed by atoms with Crippen molar-refractivity contribution in [3.63, 3.8) is 0 Å². The topological polar surface area (TPSA) is 28.5 Å². The van der Waals surface area contributed by atoms with Gasteiger partial charge >= 0.3 is 0 Å². The van der Waals surface area contributed by atoms with Gasteiger partial charge in [0, 0.05) is 12.0 Å². The SMILES string of the molecule is Fc1ccccc1NC(=S)N[C@H]1CC[NH+](Cc2ccccc2)C1. The van der Waals surface area contributed by atoms with Crippen molar-refractivity contribution in [1.82, 2.24) is 5.32 Å². The van der Waals surface area contributed by atoms with Gasteiger partial charge in [-0.2, -0.15) is 0 Å². The van der Waals surface area contributed by atoms with E-state index in [1.54, 1.807) is 23.1 Å². The van der Waals surface area contributed by atoms with E-state index in [9.17, 15) is 4.39 Å². The molecule has 1 saturated heterocycles. The molecule has 1 aliphatic rings. The summed E-state index contributed by atoms with van der Waals surface area (Å²) in [7, 11) is 0. The Morgan fingerprint density at radius 2 is 1.87 bits per heavy atom. The zero-order chi connectivity index (χ0) is 16.1. The maximum atomic E-state index is 13.6. The first-order valence-electron chi connectivity index (χ1n) is 7.90. The van der Waals surface area contributed by atoms with Crippen molar-refractivity contribution in [1.29, 1.82) is 0 Å². The highest BCUT2D eigenvalue weighted by molar-refractivity contribution is 7.80. The Bertz CT molecular complexity index is 662. The van der Waals surface area contributed by atoms with Gasteiger partial charge in [-0.3, -0.25) is 0 Å². The predicted octanol–water partition coefficient (Wildman–Crippen LogP) is 1.97. The zero-order valence-electron chi connectivity index (χ0n) is 12.9. The number of para-hydroxylation sites is 1. The Morgan fingerprint density at radius 3 is 2.65 bits per heavy atom. The molecule has 5 heteroatoms. The molecular weight excluding hydrogens is 309 g/mol. The average molecular weight is 330 g/mol. The van der Waals surface area contributed by atoms with E-state index in [0.717, 1.165) is 26.1 Å². The van der Waals surface area contributed by atoms with Crippen LogP contribution in [0.5, 0.6) is 0 Å². The van der Waals surface area contributed by atoms with Crippen molar-refractivity contribution < 1.29 is 9.29 Å². The molecule has 1 aliphatic heterocycles. The molecule has 2 aromatic carbocycles. The van der Waals surface area contributed by atoms with Gasteiger partial charge in [0.05, 0.1) is 24.8 Å². The van der Waals surface area contributed by atoms with Crippen LogP contribution in [0.4, 0.5) is 10.1 Å². The minimum atomic E-state index is -0.292. The largest absolute Gasteiger partial charge is 0.354 e. The molecule has 0 radical (unpaired) electrons. The molecule has 0 bridgehead atoms. The first kappa shape index (κ1) is 15.9. The summed E-state index contributed by atoms with van der Waals surface area (Å²) in [5.41, 5.74) is 1.77. The van der Waals surface area contributed by atoms with Gasteiger partial charge in [0.2, 0.25) is 0 Å². The second-order valence-electron chi connectivity index (χ2n) is 5.93. The maximum Gasteiger partial charge on any atom is 0.171 e. The lowest BCUT2D eigenvalue weighted by Crippen LogP contribution is -3.09. The van der Waals surface area contributed by atoms with Crippen LogP contribution in [0, 0.1) is 5.82 Å². The molecule has 0 aliphatic carbocycles. The molecular formula is C18H21FN3S+. The summed E-state index contributed by atoms with van der Waals surface area (Å²) in [6.07, 6.45) is 1.07. The van der Waals surface area contributed by atoms with Gasteiger partial charge in [0.25, 0.3) is 0 Å². The number of halogens is 1. The Balaban J connectivity index is 1.48. The molecule has 23 heavy (non-hydrogen) atoms. The van der Waals surface area contributed by atoms with Crippen LogP contribution in [0.25, 0.3) is 0 Å². The fourth-order valence-electron chi connectivity index (χ4n) is 3.01. The Hall–Kier alpha value is -1.98. The normalized spacial score (nSPS) is 20.2. The van der Waals surface area contributed by atoms with Crippen LogP contribution in [0.2, 0.25) is 0 Å². The second kappa shape index (κ2) is 7.53. The maximum absolute atomic E-state index is 13.6. The highest BCUT2D eigenvalue weighted by Gasteiger charge is 2.26. The number of hydrogen-bond donors (Lipinski definition) is 3. The second-order valence-corrected chi connectivity index (χ2v) is 6.34. The molecule has 2 atom stereocenters. The lowest BCUT2D eigenvalue weighted by molar-refractivity contribution is -0.901. The van der Waals surface area contributed by atoms with Crippen molar-refractivity contribution in [2.24, 2.45) is 0 Å². The summed E-state index contributed by atoms with van der Waals surface area (Å²) in [6.45, 7) is 3.18. The van der Waals surface area contributed by atoms with E-state index < -0.39 is 0 Å². The molecule has 0 amide bonds. The van der Waals surface area contributed by atoms with Crippen LogP contribution in [0.15, 0.2) is 54.6 Å². The summed E-state index contributed by atoms with van der Waals surface area (Å²) in [5.74, 6) is -0.292.